The van der Waals surface area contributed by atoms with E-state index in [0.717, 1.165) is 22.2 Å². The Morgan fingerprint density at radius 2 is 1.50 bits per heavy atom. The third kappa shape index (κ3) is 3.26. The third-order valence-corrected chi connectivity index (χ3v) is 4.43. The van der Waals surface area contributed by atoms with Crippen molar-refractivity contribution in [2.45, 2.75) is 20.0 Å². The summed E-state index contributed by atoms with van der Waals surface area (Å²) in [7, 11) is 0. The van der Waals surface area contributed by atoms with Gasteiger partial charge in [0.15, 0.2) is 6.17 Å². The Morgan fingerprint density at radius 1 is 0.846 bits per heavy atom. The number of rotatable bonds is 4. The van der Waals surface area contributed by atoms with Gasteiger partial charge in [-0.25, -0.2) is 4.68 Å². The normalized spacial score (nSPS) is 12.7. The molecular weight excluding hydrogens is 320 g/mol. The zero-order valence-electron chi connectivity index (χ0n) is 14.9. The molecule has 0 N–H and O–H groups in total. The molecule has 128 valence electrons. The minimum Gasteiger partial charge on any atom is -0.261 e. The smallest absolute Gasteiger partial charge is 0.169 e. The molecule has 4 nitrogen and oxygen atoms in total. The molecule has 4 rings (SSSR count). The van der Waals surface area contributed by atoms with Crippen molar-refractivity contribution in [1.82, 2.24) is 15.0 Å². The number of hydrogen-bond donors (Lipinski definition) is 0. The third-order valence-electron chi connectivity index (χ3n) is 4.43. The van der Waals surface area contributed by atoms with Crippen LogP contribution in [0.3, 0.4) is 0 Å². The highest BCUT2D eigenvalue weighted by Gasteiger charge is 2.16. The second kappa shape index (κ2) is 6.92. The van der Waals surface area contributed by atoms with Crippen LogP contribution in [0.15, 0.2) is 77.8 Å². The predicted octanol–water partition coefficient (Wildman–Crippen LogP) is 4.71. The van der Waals surface area contributed by atoms with E-state index in [2.05, 4.69) is 72.7 Å². The summed E-state index contributed by atoms with van der Waals surface area (Å²) < 4.78 is 1.88. The first-order valence-electron chi connectivity index (χ1n) is 8.67. The first-order valence-corrected chi connectivity index (χ1v) is 8.67. The number of nitrogens with zero attached hydrogens (tertiary/aromatic N) is 4. The molecule has 1 atom stereocenters. The quantitative estimate of drug-likeness (QED) is 0.505. The molecular formula is C22H20N4. The second-order valence-electron chi connectivity index (χ2n) is 6.50. The van der Waals surface area contributed by atoms with E-state index < -0.39 is 0 Å². The number of aromatic nitrogens is 3. The van der Waals surface area contributed by atoms with Gasteiger partial charge >= 0.3 is 0 Å². The van der Waals surface area contributed by atoms with Gasteiger partial charge in [0.2, 0.25) is 0 Å². The van der Waals surface area contributed by atoms with Gasteiger partial charge in [0, 0.05) is 6.21 Å². The van der Waals surface area contributed by atoms with Crippen LogP contribution in [0, 0.1) is 13.8 Å². The van der Waals surface area contributed by atoms with Crippen LogP contribution in [0.25, 0.3) is 11.0 Å². The number of benzene rings is 3. The first-order chi connectivity index (χ1) is 12.7. The van der Waals surface area contributed by atoms with Crippen molar-refractivity contribution in [3.63, 3.8) is 0 Å². The fourth-order valence-electron chi connectivity index (χ4n) is 2.91. The highest BCUT2D eigenvalue weighted by Crippen LogP contribution is 2.24. The predicted molar refractivity (Wildman–Crippen MR) is 106 cm³/mol. The van der Waals surface area contributed by atoms with Gasteiger partial charge in [-0.3, -0.25) is 4.99 Å². The lowest BCUT2D eigenvalue weighted by Gasteiger charge is -2.14. The number of para-hydroxylation sites is 1. The van der Waals surface area contributed by atoms with E-state index in [4.69, 9.17) is 4.99 Å². The molecule has 1 heterocycles. The fraction of sp³-hybridized carbons (Fsp3) is 0.136. The first kappa shape index (κ1) is 16.2. The average Bonchev–Trinajstić information content (AvgIpc) is 3.09. The van der Waals surface area contributed by atoms with Crippen LogP contribution in [0.5, 0.6) is 0 Å². The maximum Gasteiger partial charge on any atom is 0.169 e. The van der Waals surface area contributed by atoms with E-state index in [9.17, 15) is 0 Å². The van der Waals surface area contributed by atoms with Crippen molar-refractivity contribution in [3.8, 4) is 0 Å². The molecule has 0 aliphatic rings. The number of hydrogen-bond acceptors (Lipinski definition) is 3. The lowest BCUT2D eigenvalue weighted by Crippen LogP contribution is -2.11. The Kier molecular flexibility index (Phi) is 4.32. The Balaban J connectivity index is 1.79. The fourth-order valence-corrected chi connectivity index (χ4v) is 2.91. The van der Waals surface area contributed by atoms with E-state index in [-0.39, 0.29) is 6.17 Å². The van der Waals surface area contributed by atoms with E-state index in [1.807, 2.05) is 35.2 Å². The molecule has 0 fully saturated rings. The molecule has 26 heavy (non-hydrogen) atoms. The Bertz CT molecular complexity index is 1040. The Hall–Kier alpha value is -3.27. The van der Waals surface area contributed by atoms with Gasteiger partial charge in [0.1, 0.15) is 5.52 Å². The molecule has 1 aromatic heterocycles. The van der Waals surface area contributed by atoms with Crippen LogP contribution >= 0.6 is 0 Å². The topological polar surface area (TPSA) is 43.1 Å². The molecule has 4 heteroatoms. The molecule has 4 aromatic rings. The molecule has 0 saturated carbocycles. The van der Waals surface area contributed by atoms with E-state index >= 15 is 0 Å². The van der Waals surface area contributed by atoms with Gasteiger partial charge in [0.05, 0.1) is 5.52 Å². The van der Waals surface area contributed by atoms with Gasteiger partial charge in [-0.2, -0.15) is 0 Å². The molecule has 0 saturated heterocycles. The van der Waals surface area contributed by atoms with Crippen LogP contribution in [0.4, 0.5) is 0 Å². The molecule has 0 aliphatic heterocycles. The van der Waals surface area contributed by atoms with Crippen molar-refractivity contribution in [2.24, 2.45) is 4.99 Å². The van der Waals surface area contributed by atoms with Crippen LogP contribution in [0.2, 0.25) is 0 Å². The summed E-state index contributed by atoms with van der Waals surface area (Å²) in [6.45, 7) is 4.16. The second-order valence-corrected chi connectivity index (χ2v) is 6.50. The van der Waals surface area contributed by atoms with Gasteiger partial charge in [0.25, 0.3) is 0 Å². The lowest BCUT2D eigenvalue weighted by atomic mass is 10.1. The van der Waals surface area contributed by atoms with Crippen molar-refractivity contribution in [3.05, 3.63) is 95.1 Å². The van der Waals surface area contributed by atoms with Crippen molar-refractivity contribution >= 4 is 17.2 Å². The largest absolute Gasteiger partial charge is 0.261 e. The van der Waals surface area contributed by atoms with E-state index in [1.54, 1.807) is 0 Å². The minimum absolute atomic E-state index is 0.260. The molecule has 0 spiro atoms. The summed E-state index contributed by atoms with van der Waals surface area (Å²) in [6, 6.07) is 24.7. The van der Waals surface area contributed by atoms with Crippen LogP contribution in [0.1, 0.15) is 28.4 Å². The van der Waals surface area contributed by atoms with E-state index in [1.165, 1.54) is 11.1 Å². The standard InChI is InChI=1S/C22H20N4/c1-16-7-11-18(12-8-16)15-23-22(19-13-9-17(2)10-14-19)26-21-6-4-3-5-20(21)24-25-26/h3-15,22H,1-2H3/b23-15+. The monoisotopic (exact) mass is 340 g/mol. The zero-order chi connectivity index (χ0) is 17.9. The Morgan fingerprint density at radius 3 is 2.23 bits per heavy atom. The highest BCUT2D eigenvalue weighted by molar-refractivity contribution is 5.80. The van der Waals surface area contributed by atoms with Crippen LogP contribution in [-0.2, 0) is 0 Å². The summed E-state index contributed by atoms with van der Waals surface area (Å²) >= 11 is 0. The van der Waals surface area contributed by atoms with Crippen molar-refractivity contribution in [2.75, 3.05) is 0 Å². The summed E-state index contributed by atoms with van der Waals surface area (Å²) in [4.78, 5) is 4.85. The minimum atomic E-state index is -0.260. The molecule has 0 aliphatic carbocycles. The SMILES string of the molecule is Cc1ccc(/C=N/C(c2ccc(C)cc2)n2nnc3ccccc32)cc1. The van der Waals surface area contributed by atoms with Crippen molar-refractivity contribution < 1.29 is 0 Å². The van der Waals surface area contributed by atoms with E-state index in [0.29, 0.717) is 0 Å². The van der Waals surface area contributed by atoms with Crippen LogP contribution in [-0.4, -0.2) is 21.2 Å². The summed E-state index contributed by atoms with van der Waals surface area (Å²) in [5.74, 6) is 0. The average molecular weight is 340 g/mol. The van der Waals surface area contributed by atoms with Gasteiger partial charge in [-0.15, -0.1) is 5.10 Å². The molecule has 0 radical (unpaired) electrons. The Labute approximate surface area is 152 Å². The van der Waals surface area contributed by atoms with Crippen LogP contribution < -0.4 is 0 Å². The molecule has 0 amide bonds. The molecule has 1 unspecified atom stereocenters. The van der Waals surface area contributed by atoms with Gasteiger partial charge < -0.3 is 0 Å². The maximum absolute atomic E-state index is 4.85. The van der Waals surface area contributed by atoms with Crippen molar-refractivity contribution in [1.29, 1.82) is 0 Å². The van der Waals surface area contributed by atoms with Gasteiger partial charge in [-0.1, -0.05) is 77.0 Å². The number of aliphatic imine (C=N–C) groups is 1. The number of fused-ring (bicyclic) bond motifs is 1. The summed E-state index contributed by atoms with van der Waals surface area (Å²) in [5, 5.41) is 8.66. The lowest BCUT2D eigenvalue weighted by molar-refractivity contribution is 0.543. The zero-order valence-corrected chi connectivity index (χ0v) is 14.9. The molecule has 0 bridgehead atoms. The maximum atomic E-state index is 4.85. The number of aryl methyl sites for hydroxylation is 2. The summed E-state index contributed by atoms with van der Waals surface area (Å²) in [5.41, 5.74) is 6.44. The molecule has 3 aromatic carbocycles. The van der Waals surface area contributed by atoms with Gasteiger partial charge in [-0.05, 0) is 37.1 Å². The highest BCUT2D eigenvalue weighted by atomic mass is 15.5. The summed E-state index contributed by atoms with van der Waals surface area (Å²) in [6.07, 6.45) is 1.64.